The van der Waals surface area contributed by atoms with Crippen molar-refractivity contribution in [3.8, 4) is 0 Å². The molecule has 0 aromatic carbocycles. The first kappa shape index (κ1) is 15.7. The lowest BCUT2D eigenvalue weighted by Gasteiger charge is -2.38. The molecule has 2 nitrogen and oxygen atoms in total. The van der Waals surface area contributed by atoms with Gasteiger partial charge in [-0.15, -0.1) is 11.3 Å². The van der Waals surface area contributed by atoms with Crippen LogP contribution >= 0.6 is 11.3 Å². The molecule has 2 unspecified atom stereocenters. The Morgan fingerprint density at radius 2 is 1.94 bits per heavy atom. The van der Waals surface area contributed by atoms with Gasteiger partial charge in [-0.25, -0.2) is 0 Å². The van der Waals surface area contributed by atoms with Crippen molar-refractivity contribution in [3.63, 3.8) is 0 Å². The third-order valence-corrected chi connectivity index (χ3v) is 4.25. The molecule has 0 spiro atoms. The van der Waals surface area contributed by atoms with Gasteiger partial charge in [0.1, 0.15) is 0 Å². The number of nitrogens with two attached hydrogens (primary N) is 1. The van der Waals surface area contributed by atoms with Crippen LogP contribution in [0.15, 0.2) is 17.5 Å². The summed E-state index contributed by atoms with van der Waals surface area (Å²) in [7, 11) is 0. The van der Waals surface area contributed by atoms with Gasteiger partial charge in [-0.2, -0.15) is 0 Å². The number of nitrogens with zero attached hydrogens (tertiary/aromatic N) is 1. The zero-order valence-corrected chi connectivity index (χ0v) is 13.2. The Balaban J connectivity index is 2.98. The molecular formula is C15H28N2S. The SMILES string of the molecule is CCC(N)C(c1cccs1)N(CC(C)C)C(C)C. The standard InChI is InChI=1S/C15H28N2S/c1-6-13(16)15(14-8-7-9-18-14)17(12(4)5)10-11(2)3/h7-9,11-13,15H,6,10,16H2,1-5H3. The summed E-state index contributed by atoms with van der Waals surface area (Å²) in [6.07, 6.45) is 1.02. The Kier molecular flexibility index (Phi) is 6.33. The van der Waals surface area contributed by atoms with E-state index in [9.17, 15) is 0 Å². The first-order chi connectivity index (χ1) is 8.47. The zero-order chi connectivity index (χ0) is 13.7. The molecule has 0 amide bonds. The summed E-state index contributed by atoms with van der Waals surface area (Å²) >= 11 is 1.83. The molecule has 1 aromatic rings. The van der Waals surface area contributed by atoms with Gasteiger partial charge in [0, 0.05) is 23.5 Å². The fourth-order valence-corrected chi connectivity index (χ4v) is 3.29. The van der Waals surface area contributed by atoms with Crippen molar-refractivity contribution in [2.45, 2.75) is 59.2 Å². The average Bonchev–Trinajstić information content (AvgIpc) is 2.80. The minimum Gasteiger partial charge on any atom is -0.326 e. The van der Waals surface area contributed by atoms with Crippen LogP contribution in [0.3, 0.4) is 0 Å². The van der Waals surface area contributed by atoms with E-state index in [4.69, 9.17) is 5.73 Å². The third kappa shape index (κ3) is 4.08. The van der Waals surface area contributed by atoms with Crippen LogP contribution in [0.25, 0.3) is 0 Å². The maximum atomic E-state index is 6.39. The topological polar surface area (TPSA) is 29.3 Å². The molecule has 0 radical (unpaired) electrons. The van der Waals surface area contributed by atoms with Gasteiger partial charge < -0.3 is 5.73 Å². The van der Waals surface area contributed by atoms with Gasteiger partial charge in [-0.3, -0.25) is 4.90 Å². The Bertz CT molecular complexity index is 319. The van der Waals surface area contributed by atoms with Crippen LogP contribution in [-0.2, 0) is 0 Å². The second kappa shape index (κ2) is 7.27. The molecule has 0 aliphatic heterocycles. The van der Waals surface area contributed by atoms with E-state index < -0.39 is 0 Å². The molecule has 3 heteroatoms. The first-order valence-electron chi connectivity index (χ1n) is 7.02. The van der Waals surface area contributed by atoms with Gasteiger partial charge >= 0.3 is 0 Å². The lowest BCUT2D eigenvalue weighted by atomic mass is 10.00. The van der Waals surface area contributed by atoms with Crippen molar-refractivity contribution >= 4 is 11.3 Å². The Labute approximate surface area is 116 Å². The summed E-state index contributed by atoms with van der Waals surface area (Å²) in [5.74, 6) is 0.666. The number of thiophene rings is 1. The summed E-state index contributed by atoms with van der Waals surface area (Å²) in [5, 5.41) is 2.15. The van der Waals surface area contributed by atoms with Crippen molar-refractivity contribution in [2.75, 3.05) is 6.54 Å². The van der Waals surface area contributed by atoms with E-state index in [0.29, 0.717) is 18.0 Å². The highest BCUT2D eigenvalue weighted by molar-refractivity contribution is 7.10. The molecule has 104 valence electrons. The van der Waals surface area contributed by atoms with Gasteiger partial charge in [0.15, 0.2) is 0 Å². The predicted molar refractivity (Wildman–Crippen MR) is 82.0 cm³/mol. The molecule has 1 rings (SSSR count). The molecule has 1 heterocycles. The number of hydrogen-bond donors (Lipinski definition) is 1. The van der Waals surface area contributed by atoms with E-state index in [1.54, 1.807) is 0 Å². The molecule has 1 aromatic heterocycles. The maximum Gasteiger partial charge on any atom is 0.0595 e. The second-order valence-electron chi connectivity index (χ2n) is 5.72. The molecule has 0 bridgehead atoms. The van der Waals surface area contributed by atoms with Crippen LogP contribution in [0.2, 0.25) is 0 Å². The summed E-state index contributed by atoms with van der Waals surface area (Å²) in [6.45, 7) is 12.4. The maximum absolute atomic E-state index is 6.39. The summed E-state index contributed by atoms with van der Waals surface area (Å²) < 4.78 is 0. The van der Waals surface area contributed by atoms with Gasteiger partial charge in [-0.1, -0.05) is 26.8 Å². The van der Waals surface area contributed by atoms with Crippen molar-refractivity contribution in [2.24, 2.45) is 11.7 Å². The largest absolute Gasteiger partial charge is 0.326 e. The van der Waals surface area contributed by atoms with E-state index in [1.807, 2.05) is 11.3 Å². The van der Waals surface area contributed by atoms with Crippen molar-refractivity contribution in [1.29, 1.82) is 0 Å². The van der Waals surface area contributed by atoms with Crippen molar-refractivity contribution in [3.05, 3.63) is 22.4 Å². The van der Waals surface area contributed by atoms with Crippen molar-refractivity contribution in [1.82, 2.24) is 4.90 Å². The van der Waals surface area contributed by atoms with Crippen molar-refractivity contribution < 1.29 is 0 Å². The monoisotopic (exact) mass is 268 g/mol. The van der Waals surface area contributed by atoms with E-state index in [0.717, 1.165) is 13.0 Å². The quantitative estimate of drug-likeness (QED) is 0.813. The highest BCUT2D eigenvalue weighted by Gasteiger charge is 2.28. The van der Waals surface area contributed by atoms with Crippen LogP contribution in [0, 0.1) is 5.92 Å². The third-order valence-electron chi connectivity index (χ3n) is 3.31. The Morgan fingerprint density at radius 1 is 1.28 bits per heavy atom. The molecule has 0 fully saturated rings. The second-order valence-corrected chi connectivity index (χ2v) is 6.70. The number of rotatable bonds is 7. The normalized spacial score (nSPS) is 15.6. The summed E-state index contributed by atoms with van der Waals surface area (Å²) in [4.78, 5) is 3.96. The Hall–Kier alpha value is -0.380. The van der Waals surface area contributed by atoms with E-state index in [1.165, 1.54) is 4.88 Å². The molecule has 0 aliphatic carbocycles. The van der Waals surface area contributed by atoms with Gasteiger partial charge in [0.05, 0.1) is 6.04 Å². The molecule has 0 saturated heterocycles. The van der Waals surface area contributed by atoms with Crippen LogP contribution in [0.1, 0.15) is 52.0 Å². The molecular weight excluding hydrogens is 240 g/mol. The van der Waals surface area contributed by atoms with Gasteiger partial charge in [0.25, 0.3) is 0 Å². The van der Waals surface area contributed by atoms with Crippen LogP contribution in [-0.4, -0.2) is 23.5 Å². The van der Waals surface area contributed by atoms with Crippen LogP contribution in [0.5, 0.6) is 0 Å². The smallest absolute Gasteiger partial charge is 0.0595 e. The molecule has 2 N–H and O–H groups in total. The molecule has 2 atom stereocenters. The molecule has 0 saturated carbocycles. The van der Waals surface area contributed by atoms with E-state index in [2.05, 4.69) is 57.0 Å². The van der Waals surface area contributed by atoms with E-state index >= 15 is 0 Å². The van der Waals surface area contributed by atoms with Gasteiger partial charge in [-0.05, 0) is 37.6 Å². The van der Waals surface area contributed by atoms with E-state index in [-0.39, 0.29) is 6.04 Å². The molecule has 0 aliphatic rings. The van der Waals surface area contributed by atoms with Crippen LogP contribution < -0.4 is 5.73 Å². The van der Waals surface area contributed by atoms with Gasteiger partial charge in [0.2, 0.25) is 0 Å². The minimum atomic E-state index is 0.213. The number of hydrogen-bond acceptors (Lipinski definition) is 3. The molecule has 18 heavy (non-hydrogen) atoms. The highest BCUT2D eigenvalue weighted by atomic mass is 32.1. The minimum absolute atomic E-state index is 0.213. The highest BCUT2D eigenvalue weighted by Crippen LogP contribution is 2.31. The summed E-state index contributed by atoms with van der Waals surface area (Å²) in [6, 6.07) is 5.45. The predicted octanol–water partition coefficient (Wildman–Crippen LogP) is 3.89. The fraction of sp³-hybridized carbons (Fsp3) is 0.733. The fourth-order valence-electron chi connectivity index (χ4n) is 2.37. The zero-order valence-electron chi connectivity index (χ0n) is 12.4. The first-order valence-corrected chi connectivity index (χ1v) is 7.90. The lowest BCUT2D eigenvalue weighted by Crippen LogP contribution is -2.45. The summed E-state index contributed by atoms with van der Waals surface area (Å²) in [5.41, 5.74) is 6.39. The lowest BCUT2D eigenvalue weighted by molar-refractivity contribution is 0.116. The van der Waals surface area contributed by atoms with Crippen LogP contribution in [0.4, 0.5) is 0 Å². The Morgan fingerprint density at radius 3 is 2.33 bits per heavy atom. The average molecular weight is 268 g/mol.